The number of nitrogens with one attached hydrogen (secondary N) is 1. The van der Waals surface area contributed by atoms with Crippen molar-refractivity contribution in [2.75, 3.05) is 69.1 Å². The number of hydrogen-bond donors (Lipinski definition) is 1. The van der Waals surface area contributed by atoms with E-state index in [9.17, 15) is 4.79 Å². The van der Waals surface area contributed by atoms with Gasteiger partial charge in [-0.05, 0) is 67.6 Å². The van der Waals surface area contributed by atoms with E-state index in [4.69, 9.17) is 21.6 Å². The quantitative estimate of drug-likeness (QED) is 0.556. The number of carbonyl (C=O) groups is 1. The number of hydrogen-bond acceptors (Lipinski definition) is 6. The van der Waals surface area contributed by atoms with Crippen molar-refractivity contribution in [1.82, 2.24) is 19.7 Å². The highest BCUT2D eigenvalue weighted by atomic mass is 32.1. The van der Waals surface area contributed by atoms with Crippen molar-refractivity contribution < 1.29 is 9.21 Å². The molecule has 0 unspecified atom stereocenters. The van der Waals surface area contributed by atoms with E-state index >= 15 is 0 Å². The third kappa shape index (κ3) is 5.11. The Morgan fingerprint density at radius 3 is 2.46 bits per heavy atom. The monoisotopic (exact) mass is 492 g/mol. The third-order valence-electron chi connectivity index (χ3n) is 6.98. The van der Waals surface area contributed by atoms with Crippen molar-refractivity contribution in [3.8, 4) is 0 Å². The van der Waals surface area contributed by atoms with Crippen LogP contribution in [0.25, 0.3) is 10.9 Å². The van der Waals surface area contributed by atoms with E-state index in [1.807, 2.05) is 11.0 Å². The second kappa shape index (κ2) is 10.2. The standard InChI is InChI=1S/C26H32N6O2S/c1-3-29-8-10-30(11-9-29)24-17-19(2)21-18-20(6-7-22(21)28-24)27-26(35)32-14-12-31(13-15-32)25(33)23-5-4-16-34-23/h4-7,16-18H,3,8-15H2,1-2H3,(H,27,35). The van der Waals surface area contributed by atoms with Crippen LogP contribution in [0.3, 0.4) is 0 Å². The fraction of sp³-hybridized carbons (Fsp3) is 0.423. The summed E-state index contributed by atoms with van der Waals surface area (Å²) >= 11 is 5.69. The molecule has 35 heavy (non-hydrogen) atoms. The maximum atomic E-state index is 12.5. The molecular weight excluding hydrogens is 460 g/mol. The predicted molar refractivity (Wildman–Crippen MR) is 143 cm³/mol. The highest BCUT2D eigenvalue weighted by Crippen LogP contribution is 2.26. The summed E-state index contributed by atoms with van der Waals surface area (Å²) in [7, 11) is 0. The van der Waals surface area contributed by atoms with Crippen LogP contribution in [-0.2, 0) is 0 Å². The molecule has 0 atom stereocenters. The van der Waals surface area contributed by atoms with Crippen LogP contribution in [0.1, 0.15) is 23.0 Å². The van der Waals surface area contributed by atoms with Crippen LogP contribution in [-0.4, -0.2) is 89.6 Å². The number of likely N-dealkylation sites (N-methyl/N-ethyl adjacent to an activating group) is 1. The number of fused-ring (bicyclic) bond motifs is 1. The van der Waals surface area contributed by atoms with Crippen molar-refractivity contribution in [2.45, 2.75) is 13.8 Å². The molecule has 2 aromatic heterocycles. The number of nitrogens with zero attached hydrogens (tertiary/aromatic N) is 5. The first-order chi connectivity index (χ1) is 17.0. The van der Waals surface area contributed by atoms with Gasteiger partial charge in [-0.1, -0.05) is 6.92 Å². The lowest BCUT2D eigenvalue weighted by molar-refractivity contribution is 0.0661. The van der Waals surface area contributed by atoms with Crippen LogP contribution < -0.4 is 10.2 Å². The summed E-state index contributed by atoms with van der Waals surface area (Å²) in [6.07, 6.45) is 1.53. The third-order valence-corrected chi connectivity index (χ3v) is 7.34. The van der Waals surface area contributed by atoms with E-state index < -0.39 is 0 Å². The molecule has 2 aliphatic rings. The number of furan rings is 1. The summed E-state index contributed by atoms with van der Waals surface area (Å²) in [5.41, 5.74) is 3.16. The van der Waals surface area contributed by atoms with E-state index in [0.29, 0.717) is 37.1 Å². The SMILES string of the molecule is CCN1CCN(c2cc(C)c3cc(NC(=S)N4CCN(C(=O)c5ccco5)CC4)ccc3n2)CC1. The molecule has 0 bridgehead atoms. The first kappa shape index (κ1) is 23.6. The molecule has 1 amide bonds. The number of thiocarbonyl (C=S) groups is 1. The Balaban J connectivity index is 1.21. The molecular formula is C26H32N6O2S. The number of aromatic nitrogens is 1. The highest BCUT2D eigenvalue weighted by Gasteiger charge is 2.25. The average molecular weight is 493 g/mol. The lowest BCUT2D eigenvalue weighted by Crippen LogP contribution is -2.51. The molecule has 0 radical (unpaired) electrons. The van der Waals surface area contributed by atoms with Crippen molar-refractivity contribution in [3.63, 3.8) is 0 Å². The molecule has 0 spiro atoms. The van der Waals surface area contributed by atoms with E-state index in [-0.39, 0.29) is 5.91 Å². The number of amides is 1. The normalized spacial score (nSPS) is 17.1. The summed E-state index contributed by atoms with van der Waals surface area (Å²) in [5.74, 6) is 1.37. The van der Waals surface area contributed by atoms with Crippen LogP contribution in [0.2, 0.25) is 0 Å². The number of carbonyl (C=O) groups excluding carboxylic acids is 1. The number of pyridine rings is 1. The topological polar surface area (TPSA) is 68.1 Å². The first-order valence-electron chi connectivity index (χ1n) is 12.3. The summed E-state index contributed by atoms with van der Waals surface area (Å²) in [6.45, 7) is 12.2. The highest BCUT2D eigenvalue weighted by molar-refractivity contribution is 7.80. The maximum absolute atomic E-state index is 12.5. The second-order valence-electron chi connectivity index (χ2n) is 9.14. The molecule has 184 valence electrons. The Bertz CT molecular complexity index is 1200. The van der Waals surface area contributed by atoms with E-state index in [1.165, 1.54) is 11.8 Å². The molecule has 4 heterocycles. The number of benzene rings is 1. The summed E-state index contributed by atoms with van der Waals surface area (Å²) in [4.78, 5) is 26.2. The zero-order chi connectivity index (χ0) is 24.4. The molecule has 1 N–H and O–H groups in total. The minimum Gasteiger partial charge on any atom is -0.459 e. The molecule has 1 aromatic carbocycles. The van der Waals surface area contributed by atoms with Gasteiger partial charge in [0, 0.05) is 63.4 Å². The van der Waals surface area contributed by atoms with Crippen molar-refractivity contribution in [3.05, 3.63) is 54.0 Å². The molecule has 0 saturated carbocycles. The fourth-order valence-corrected chi connectivity index (χ4v) is 5.08. The Morgan fingerprint density at radius 1 is 1.03 bits per heavy atom. The van der Waals surface area contributed by atoms with Gasteiger partial charge >= 0.3 is 0 Å². The van der Waals surface area contributed by atoms with E-state index in [2.05, 4.69) is 52.1 Å². The Kier molecular flexibility index (Phi) is 6.88. The van der Waals surface area contributed by atoms with Crippen molar-refractivity contribution >= 4 is 45.6 Å². The largest absolute Gasteiger partial charge is 0.459 e. The fourth-order valence-electron chi connectivity index (χ4n) is 4.78. The average Bonchev–Trinajstić information content (AvgIpc) is 3.44. The molecule has 0 aliphatic carbocycles. The minimum atomic E-state index is -0.0716. The first-order valence-corrected chi connectivity index (χ1v) is 12.7. The van der Waals surface area contributed by atoms with Gasteiger partial charge in [-0.3, -0.25) is 4.79 Å². The predicted octanol–water partition coefficient (Wildman–Crippen LogP) is 3.43. The van der Waals surface area contributed by atoms with E-state index in [0.717, 1.165) is 55.1 Å². The summed E-state index contributed by atoms with van der Waals surface area (Å²) < 4.78 is 5.24. The second-order valence-corrected chi connectivity index (χ2v) is 9.52. The molecule has 8 nitrogen and oxygen atoms in total. The lowest BCUT2D eigenvalue weighted by Gasteiger charge is -2.36. The van der Waals surface area contributed by atoms with Crippen LogP contribution in [0.15, 0.2) is 47.1 Å². The van der Waals surface area contributed by atoms with Crippen LogP contribution in [0.5, 0.6) is 0 Å². The smallest absolute Gasteiger partial charge is 0.289 e. The van der Waals surface area contributed by atoms with Gasteiger partial charge in [0.2, 0.25) is 0 Å². The molecule has 5 rings (SSSR count). The number of anilines is 2. The molecule has 2 fully saturated rings. The van der Waals surface area contributed by atoms with Gasteiger partial charge in [-0.15, -0.1) is 0 Å². The van der Waals surface area contributed by atoms with Gasteiger partial charge < -0.3 is 29.3 Å². The lowest BCUT2D eigenvalue weighted by atomic mass is 10.1. The molecule has 9 heteroatoms. The number of rotatable bonds is 4. The molecule has 2 aliphatic heterocycles. The zero-order valence-corrected chi connectivity index (χ0v) is 21.2. The van der Waals surface area contributed by atoms with Gasteiger partial charge in [-0.25, -0.2) is 4.98 Å². The van der Waals surface area contributed by atoms with Gasteiger partial charge in [0.15, 0.2) is 10.9 Å². The van der Waals surface area contributed by atoms with Crippen LogP contribution in [0.4, 0.5) is 11.5 Å². The Morgan fingerprint density at radius 2 is 1.77 bits per heavy atom. The van der Waals surface area contributed by atoms with Gasteiger partial charge in [-0.2, -0.15) is 0 Å². The summed E-state index contributed by atoms with van der Waals surface area (Å²) in [6, 6.07) is 11.9. The van der Waals surface area contributed by atoms with Crippen molar-refractivity contribution in [2.24, 2.45) is 0 Å². The van der Waals surface area contributed by atoms with Crippen LogP contribution >= 0.6 is 12.2 Å². The van der Waals surface area contributed by atoms with Crippen LogP contribution in [0, 0.1) is 6.92 Å². The Hall–Kier alpha value is -3.17. The minimum absolute atomic E-state index is 0.0716. The Labute approximate surface area is 211 Å². The summed E-state index contributed by atoms with van der Waals surface area (Å²) in [5, 5.41) is 5.18. The van der Waals surface area contributed by atoms with Crippen molar-refractivity contribution in [1.29, 1.82) is 0 Å². The van der Waals surface area contributed by atoms with E-state index in [1.54, 1.807) is 12.1 Å². The molecule has 2 saturated heterocycles. The number of piperazine rings is 2. The zero-order valence-electron chi connectivity index (χ0n) is 20.4. The van der Waals surface area contributed by atoms with Gasteiger partial charge in [0.25, 0.3) is 5.91 Å². The van der Waals surface area contributed by atoms with Gasteiger partial charge in [0.1, 0.15) is 5.82 Å². The molecule has 3 aromatic rings. The van der Waals surface area contributed by atoms with Gasteiger partial charge in [0.05, 0.1) is 11.8 Å². The number of aryl methyl sites for hydroxylation is 1. The maximum Gasteiger partial charge on any atom is 0.289 e.